The van der Waals surface area contributed by atoms with Gasteiger partial charge in [0.25, 0.3) is 0 Å². The Morgan fingerprint density at radius 1 is 1.75 bits per heavy atom. The largest absolute Gasteiger partial charge is 0.335 e. The topological polar surface area (TPSA) is 55.9 Å². The number of aromatic nitrogens is 2. The first-order valence-electron chi connectivity index (χ1n) is 5.93. The van der Waals surface area contributed by atoms with Crippen LogP contribution in [0.5, 0.6) is 0 Å². The summed E-state index contributed by atoms with van der Waals surface area (Å²) >= 11 is 2.03. The first-order chi connectivity index (χ1) is 7.85. The van der Waals surface area contributed by atoms with Crippen molar-refractivity contribution < 1.29 is 0 Å². The molecular weight excluding hydrogens is 220 g/mol. The number of hydrazine groups is 1. The van der Waals surface area contributed by atoms with E-state index in [0.29, 0.717) is 11.3 Å². The minimum atomic E-state index is 0.347. The lowest BCUT2D eigenvalue weighted by Crippen LogP contribution is -2.43. The van der Waals surface area contributed by atoms with Crippen molar-refractivity contribution in [2.45, 2.75) is 44.0 Å². The van der Waals surface area contributed by atoms with Crippen LogP contribution >= 0.6 is 11.8 Å². The fourth-order valence-corrected chi connectivity index (χ4v) is 3.61. The van der Waals surface area contributed by atoms with E-state index in [0.717, 1.165) is 18.8 Å². The zero-order chi connectivity index (χ0) is 11.4. The highest BCUT2D eigenvalue weighted by Gasteiger charge is 2.25. The van der Waals surface area contributed by atoms with Crippen LogP contribution in [0.1, 0.15) is 25.6 Å². The van der Waals surface area contributed by atoms with Gasteiger partial charge in [0.05, 0.1) is 0 Å². The number of thioether (sulfide) groups is 1. The highest BCUT2D eigenvalue weighted by Crippen LogP contribution is 2.29. The minimum Gasteiger partial charge on any atom is -0.335 e. The second-order valence-corrected chi connectivity index (χ2v) is 5.51. The molecule has 0 radical (unpaired) electrons. The molecule has 4 nitrogen and oxygen atoms in total. The van der Waals surface area contributed by atoms with Gasteiger partial charge in [0.15, 0.2) is 0 Å². The fourth-order valence-electron chi connectivity index (χ4n) is 2.23. The second kappa shape index (κ2) is 5.70. The molecule has 2 rings (SSSR count). The number of imidazole rings is 1. The van der Waals surface area contributed by atoms with E-state index >= 15 is 0 Å². The molecule has 5 heteroatoms. The van der Waals surface area contributed by atoms with Crippen LogP contribution in [0.2, 0.25) is 0 Å². The lowest BCUT2D eigenvalue weighted by Gasteiger charge is -2.21. The zero-order valence-electron chi connectivity index (χ0n) is 9.72. The molecule has 2 unspecified atom stereocenters. The Kier molecular flexibility index (Phi) is 4.26. The van der Waals surface area contributed by atoms with Gasteiger partial charge in [-0.25, -0.2) is 4.98 Å². The van der Waals surface area contributed by atoms with E-state index in [9.17, 15) is 0 Å². The van der Waals surface area contributed by atoms with Crippen LogP contribution in [0.15, 0.2) is 12.4 Å². The Morgan fingerprint density at radius 2 is 2.62 bits per heavy atom. The summed E-state index contributed by atoms with van der Waals surface area (Å²) in [4.78, 5) is 4.40. The SMILES string of the molecule is CCn1ccnc1CC(NN)C1CCCS1. The third-order valence-corrected chi connectivity index (χ3v) is 4.69. The first-order valence-corrected chi connectivity index (χ1v) is 6.97. The van der Waals surface area contributed by atoms with E-state index < -0.39 is 0 Å². The Balaban J connectivity index is 2.00. The van der Waals surface area contributed by atoms with Crippen LogP contribution in [0.3, 0.4) is 0 Å². The number of nitrogens with one attached hydrogen (secondary N) is 1. The quantitative estimate of drug-likeness (QED) is 0.599. The maximum Gasteiger partial charge on any atom is 0.110 e. The molecule has 1 aliphatic heterocycles. The van der Waals surface area contributed by atoms with E-state index in [1.807, 2.05) is 24.2 Å². The molecule has 16 heavy (non-hydrogen) atoms. The van der Waals surface area contributed by atoms with Crippen LogP contribution < -0.4 is 11.3 Å². The van der Waals surface area contributed by atoms with Gasteiger partial charge >= 0.3 is 0 Å². The Labute approximate surface area is 101 Å². The molecule has 0 aromatic carbocycles. The van der Waals surface area contributed by atoms with Crippen LogP contribution in [-0.2, 0) is 13.0 Å². The Morgan fingerprint density at radius 3 is 3.25 bits per heavy atom. The fraction of sp³-hybridized carbons (Fsp3) is 0.727. The van der Waals surface area contributed by atoms with E-state index in [1.54, 1.807) is 0 Å². The van der Waals surface area contributed by atoms with Crippen LogP contribution in [0.25, 0.3) is 0 Å². The van der Waals surface area contributed by atoms with Gasteiger partial charge in [-0.15, -0.1) is 0 Å². The van der Waals surface area contributed by atoms with Crippen molar-refractivity contribution >= 4 is 11.8 Å². The molecule has 0 amide bonds. The summed E-state index contributed by atoms with van der Waals surface area (Å²) in [5.41, 5.74) is 2.96. The molecule has 0 spiro atoms. The number of hydrogen-bond donors (Lipinski definition) is 2. The minimum absolute atomic E-state index is 0.347. The molecule has 1 aromatic heterocycles. The van der Waals surface area contributed by atoms with Crippen molar-refractivity contribution in [1.29, 1.82) is 0 Å². The van der Waals surface area contributed by atoms with Crippen molar-refractivity contribution in [3.8, 4) is 0 Å². The number of nitrogens with two attached hydrogens (primary N) is 1. The van der Waals surface area contributed by atoms with Crippen LogP contribution in [0, 0.1) is 0 Å². The molecule has 2 atom stereocenters. The summed E-state index contributed by atoms with van der Waals surface area (Å²) in [6.45, 7) is 3.12. The average molecular weight is 240 g/mol. The Hall–Kier alpha value is -0.520. The monoisotopic (exact) mass is 240 g/mol. The summed E-state index contributed by atoms with van der Waals surface area (Å²) in [6, 6.07) is 0.347. The van der Waals surface area contributed by atoms with E-state index in [1.165, 1.54) is 18.6 Å². The molecule has 1 saturated heterocycles. The van der Waals surface area contributed by atoms with Gasteiger partial charge in [0.2, 0.25) is 0 Å². The maximum atomic E-state index is 5.66. The normalized spacial score (nSPS) is 22.5. The molecular formula is C11H20N4S. The average Bonchev–Trinajstić information content (AvgIpc) is 2.96. The molecule has 1 aliphatic rings. The van der Waals surface area contributed by atoms with Gasteiger partial charge in [-0.1, -0.05) is 0 Å². The summed E-state index contributed by atoms with van der Waals surface area (Å²) < 4.78 is 2.18. The molecule has 0 saturated carbocycles. The zero-order valence-corrected chi connectivity index (χ0v) is 10.5. The van der Waals surface area contributed by atoms with Gasteiger partial charge in [0.1, 0.15) is 5.82 Å². The number of rotatable bonds is 5. The maximum absolute atomic E-state index is 5.66. The van der Waals surface area contributed by atoms with Gasteiger partial charge in [-0.2, -0.15) is 11.8 Å². The van der Waals surface area contributed by atoms with Crippen molar-refractivity contribution in [1.82, 2.24) is 15.0 Å². The van der Waals surface area contributed by atoms with Gasteiger partial charge in [-0.3, -0.25) is 11.3 Å². The van der Waals surface area contributed by atoms with Crippen molar-refractivity contribution in [2.24, 2.45) is 5.84 Å². The molecule has 0 bridgehead atoms. The third-order valence-electron chi connectivity index (χ3n) is 3.17. The van der Waals surface area contributed by atoms with Gasteiger partial charge < -0.3 is 4.57 Å². The van der Waals surface area contributed by atoms with Crippen molar-refractivity contribution in [2.75, 3.05) is 5.75 Å². The molecule has 3 N–H and O–H groups in total. The predicted molar refractivity (Wildman–Crippen MR) is 68.2 cm³/mol. The number of hydrogen-bond acceptors (Lipinski definition) is 4. The summed E-state index contributed by atoms with van der Waals surface area (Å²) in [5, 5.41) is 0.645. The summed E-state index contributed by atoms with van der Waals surface area (Å²) in [7, 11) is 0. The predicted octanol–water partition coefficient (Wildman–Crippen LogP) is 1.17. The standard InChI is InChI=1S/C11H20N4S/c1-2-15-6-5-13-11(15)8-9(14-12)10-4-3-7-16-10/h5-6,9-10,14H,2-4,7-8,12H2,1H3. The van der Waals surface area contributed by atoms with Crippen molar-refractivity contribution in [3.63, 3.8) is 0 Å². The number of aryl methyl sites for hydroxylation is 1. The van der Waals surface area contributed by atoms with Crippen molar-refractivity contribution in [3.05, 3.63) is 18.2 Å². The molecule has 90 valence electrons. The molecule has 1 aromatic rings. The van der Waals surface area contributed by atoms with E-state index in [2.05, 4.69) is 21.9 Å². The second-order valence-electron chi connectivity index (χ2n) is 4.16. The van der Waals surface area contributed by atoms with Gasteiger partial charge in [0, 0.05) is 36.7 Å². The summed E-state index contributed by atoms with van der Waals surface area (Å²) in [6.07, 6.45) is 7.41. The third kappa shape index (κ3) is 2.59. The van der Waals surface area contributed by atoms with E-state index in [-0.39, 0.29) is 0 Å². The van der Waals surface area contributed by atoms with Crippen LogP contribution in [0.4, 0.5) is 0 Å². The molecule has 0 aliphatic carbocycles. The smallest absolute Gasteiger partial charge is 0.110 e. The number of nitrogens with zero attached hydrogens (tertiary/aromatic N) is 2. The summed E-state index contributed by atoms with van der Waals surface area (Å²) in [5.74, 6) is 8.07. The lowest BCUT2D eigenvalue weighted by molar-refractivity contribution is 0.477. The lowest BCUT2D eigenvalue weighted by atomic mass is 10.1. The van der Waals surface area contributed by atoms with Gasteiger partial charge in [-0.05, 0) is 25.5 Å². The van der Waals surface area contributed by atoms with E-state index in [4.69, 9.17) is 5.84 Å². The van der Waals surface area contributed by atoms with Crippen LogP contribution in [-0.4, -0.2) is 26.6 Å². The highest BCUT2D eigenvalue weighted by molar-refractivity contribution is 8.00. The Bertz CT molecular complexity index is 320. The highest BCUT2D eigenvalue weighted by atomic mass is 32.2. The molecule has 2 heterocycles. The molecule has 1 fully saturated rings. The first kappa shape index (κ1) is 12.0.